The molecule has 0 aliphatic carbocycles. The summed E-state index contributed by atoms with van der Waals surface area (Å²) in [6.07, 6.45) is 2.43. The van der Waals surface area contributed by atoms with Crippen molar-refractivity contribution in [2.45, 2.75) is 18.9 Å². The Kier molecular flexibility index (Phi) is 2.35. The second-order valence-electron chi connectivity index (χ2n) is 3.97. The largest absolute Gasteiger partial charge is 0.381 e. The van der Waals surface area contributed by atoms with Gasteiger partial charge in [0.05, 0.1) is 6.61 Å². The zero-order valence-corrected chi connectivity index (χ0v) is 7.73. The molecule has 12 heavy (non-hydrogen) atoms. The normalized spacial score (nSPS) is 42.2. The number of hydrogen-bond acceptors (Lipinski definition) is 3. The molecular weight excluding hydrogens is 152 g/mol. The monoisotopic (exact) mass is 170 g/mol. The molecule has 2 fully saturated rings. The van der Waals surface area contributed by atoms with E-state index in [0.717, 1.165) is 32.7 Å². The van der Waals surface area contributed by atoms with Gasteiger partial charge in [0.25, 0.3) is 0 Å². The molecule has 2 atom stereocenters. The van der Waals surface area contributed by atoms with Gasteiger partial charge in [0.1, 0.15) is 0 Å². The smallest absolute Gasteiger partial charge is 0.0550 e. The Hall–Kier alpha value is -0.120. The SMILES string of the molecule is CNC1CCOCC12CCNC2. The minimum absolute atomic E-state index is 0.396. The molecule has 2 heterocycles. The maximum Gasteiger partial charge on any atom is 0.0550 e. The fourth-order valence-corrected chi connectivity index (χ4v) is 2.52. The fraction of sp³-hybridized carbons (Fsp3) is 1.00. The van der Waals surface area contributed by atoms with E-state index in [1.165, 1.54) is 6.42 Å². The van der Waals surface area contributed by atoms with E-state index in [1.54, 1.807) is 0 Å². The minimum atomic E-state index is 0.396. The van der Waals surface area contributed by atoms with Gasteiger partial charge in [-0.2, -0.15) is 0 Å². The molecule has 0 amide bonds. The van der Waals surface area contributed by atoms with Crippen LogP contribution in [-0.2, 0) is 4.74 Å². The first kappa shape index (κ1) is 8.48. The van der Waals surface area contributed by atoms with Crippen LogP contribution in [0.4, 0.5) is 0 Å². The van der Waals surface area contributed by atoms with Crippen LogP contribution in [0.15, 0.2) is 0 Å². The lowest BCUT2D eigenvalue weighted by Crippen LogP contribution is -2.51. The van der Waals surface area contributed by atoms with Crippen LogP contribution < -0.4 is 10.6 Å². The molecule has 0 aromatic carbocycles. The lowest BCUT2D eigenvalue weighted by molar-refractivity contribution is -0.0202. The second kappa shape index (κ2) is 3.32. The number of hydrogen-bond donors (Lipinski definition) is 2. The van der Waals surface area contributed by atoms with Crippen molar-refractivity contribution in [3.63, 3.8) is 0 Å². The molecule has 0 aromatic rings. The maximum atomic E-state index is 5.56. The van der Waals surface area contributed by atoms with Crippen LogP contribution in [0.2, 0.25) is 0 Å². The van der Waals surface area contributed by atoms with Crippen molar-refractivity contribution in [1.82, 2.24) is 10.6 Å². The molecule has 2 N–H and O–H groups in total. The Bertz CT molecular complexity index is 155. The molecule has 2 rings (SSSR count). The van der Waals surface area contributed by atoms with Crippen LogP contribution in [0, 0.1) is 5.41 Å². The average Bonchev–Trinajstić information content (AvgIpc) is 2.55. The van der Waals surface area contributed by atoms with E-state index in [2.05, 4.69) is 17.7 Å². The van der Waals surface area contributed by atoms with Crippen molar-refractivity contribution < 1.29 is 4.74 Å². The van der Waals surface area contributed by atoms with E-state index in [4.69, 9.17) is 4.74 Å². The summed E-state index contributed by atoms with van der Waals surface area (Å²) in [5.74, 6) is 0. The van der Waals surface area contributed by atoms with Crippen molar-refractivity contribution in [3.8, 4) is 0 Å². The average molecular weight is 170 g/mol. The summed E-state index contributed by atoms with van der Waals surface area (Å²) >= 11 is 0. The predicted molar refractivity (Wildman–Crippen MR) is 48.2 cm³/mol. The van der Waals surface area contributed by atoms with E-state index < -0.39 is 0 Å². The zero-order valence-electron chi connectivity index (χ0n) is 7.73. The summed E-state index contributed by atoms with van der Waals surface area (Å²) in [5.41, 5.74) is 0.396. The Morgan fingerprint density at radius 2 is 2.50 bits per heavy atom. The van der Waals surface area contributed by atoms with E-state index >= 15 is 0 Å². The molecule has 2 aliphatic rings. The summed E-state index contributed by atoms with van der Waals surface area (Å²) in [4.78, 5) is 0. The van der Waals surface area contributed by atoms with Gasteiger partial charge in [0.2, 0.25) is 0 Å². The molecule has 0 bridgehead atoms. The topological polar surface area (TPSA) is 33.3 Å². The highest BCUT2D eigenvalue weighted by Gasteiger charge is 2.42. The van der Waals surface area contributed by atoms with Crippen LogP contribution in [0.25, 0.3) is 0 Å². The van der Waals surface area contributed by atoms with Gasteiger partial charge < -0.3 is 15.4 Å². The van der Waals surface area contributed by atoms with E-state index in [1.807, 2.05) is 0 Å². The van der Waals surface area contributed by atoms with Crippen LogP contribution in [0.5, 0.6) is 0 Å². The summed E-state index contributed by atoms with van der Waals surface area (Å²) in [7, 11) is 2.07. The van der Waals surface area contributed by atoms with Gasteiger partial charge in [-0.05, 0) is 26.4 Å². The molecular formula is C9H18N2O. The Morgan fingerprint density at radius 3 is 3.17 bits per heavy atom. The Morgan fingerprint density at radius 1 is 1.58 bits per heavy atom. The quantitative estimate of drug-likeness (QED) is 0.580. The van der Waals surface area contributed by atoms with Crippen LogP contribution in [-0.4, -0.2) is 39.4 Å². The third kappa shape index (κ3) is 1.26. The van der Waals surface area contributed by atoms with Crippen molar-refractivity contribution in [2.75, 3.05) is 33.4 Å². The first-order valence-electron chi connectivity index (χ1n) is 4.83. The van der Waals surface area contributed by atoms with Gasteiger partial charge >= 0.3 is 0 Å². The number of rotatable bonds is 1. The van der Waals surface area contributed by atoms with Gasteiger partial charge in [0.15, 0.2) is 0 Å². The van der Waals surface area contributed by atoms with Crippen molar-refractivity contribution in [2.24, 2.45) is 5.41 Å². The molecule has 70 valence electrons. The Balaban J connectivity index is 2.07. The second-order valence-corrected chi connectivity index (χ2v) is 3.97. The predicted octanol–water partition coefficient (Wildman–Crippen LogP) is -0.0256. The zero-order chi connectivity index (χ0) is 8.44. The van der Waals surface area contributed by atoms with E-state index in [0.29, 0.717) is 11.5 Å². The van der Waals surface area contributed by atoms with Crippen LogP contribution >= 0.6 is 0 Å². The lowest BCUT2D eigenvalue weighted by atomic mass is 9.77. The summed E-state index contributed by atoms with van der Waals surface area (Å²) < 4.78 is 5.56. The minimum Gasteiger partial charge on any atom is -0.381 e. The molecule has 0 radical (unpaired) electrons. The summed E-state index contributed by atoms with van der Waals surface area (Å²) in [6.45, 7) is 4.14. The van der Waals surface area contributed by atoms with E-state index in [-0.39, 0.29) is 0 Å². The lowest BCUT2D eigenvalue weighted by Gasteiger charge is -2.40. The van der Waals surface area contributed by atoms with Gasteiger partial charge in [-0.3, -0.25) is 0 Å². The van der Waals surface area contributed by atoms with Gasteiger partial charge in [-0.15, -0.1) is 0 Å². The molecule has 0 saturated carbocycles. The molecule has 0 aromatic heterocycles. The highest BCUT2D eigenvalue weighted by atomic mass is 16.5. The molecule has 2 aliphatic heterocycles. The van der Waals surface area contributed by atoms with Gasteiger partial charge in [0, 0.05) is 24.6 Å². The molecule has 2 saturated heterocycles. The van der Waals surface area contributed by atoms with Gasteiger partial charge in [-0.25, -0.2) is 0 Å². The maximum absolute atomic E-state index is 5.56. The highest BCUT2D eigenvalue weighted by Crippen LogP contribution is 2.34. The summed E-state index contributed by atoms with van der Waals surface area (Å²) in [5, 5.41) is 6.84. The molecule has 3 heteroatoms. The first-order valence-corrected chi connectivity index (χ1v) is 4.83. The third-order valence-corrected chi connectivity index (χ3v) is 3.30. The number of nitrogens with one attached hydrogen (secondary N) is 2. The highest BCUT2D eigenvalue weighted by molar-refractivity contribution is 4.98. The standard InChI is InChI=1S/C9H18N2O/c1-10-8-2-5-12-7-9(8)3-4-11-6-9/h8,10-11H,2-7H2,1H3. The molecule has 3 nitrogen and oxygen atoms in total. The van der Waals surface area contributed by atoms with Crippen molar-refractivity contribution in [3.05, 3.63) is 0 Å². The number of ether oxygens (including phenoxy) is 1. The van der Waals surface area contributed by atoms with Crippen LogP contribution in [0.1, 0.15) is 12.8 Å². The van der Waals surface area contributed by atoms with E-state index in [9.17, 15) is 0 Å². The van der Waals surface area contributed by atoms with Crippen molar-refractivity contribution >= 4 is 0 Å². The van der Waals surface area contributed by atoms with Crippen LogP contribution in [0.3, 0.4) is 0 Å². The molecule has 1 spiro atoms. The summed E-state index contributed by atoms with van der Waals surface area (Å²) in [6, 6.07) is 0.654. The fourth-order valence-electron chi connectivity index (χ4n) is 2.52. The molecule has 2 unspecified atom stereocenters. The Labute approximate surface area is 73.9 Å². The first-order chi connectivity index (χ1) is 5.87. The third-order valence-electron chi connectivity index (χ3n) is 3.30. The van der Waals surface area contributed by atoms with Crippen molar-refractivity contribution in [1.29, 1.82) is 0 Å². The van der Waals surface area contributed by atoms with Gasteiger partial charge in [-0.1, -0.05) is 0 Å².